The lowest BCUT2D eigenvalue weighted by atomic mass is 10.1. The van der Waals surface area contributed by atoms with Crippen LogP contribution < -0.4 is 5.32 Å². The summed E-state index contributed by atoms with van der Waals surface area (Å²) < 4.78 is 4.66. The lowest BCUT2D eigenvalue weighted by Gasteiger charge is -2.18. The van der Waals surface area contributed by atoms with E-state index in [1.807, 2.05) is 31.2 Å². The minimum absolute atomic E-state index is 0.199. The van der Waals surface area contributed by atoms with Crippen LogP contribution in [-0.2, 0) is 16.0 Å². The second-order valence-electron chi connectivity index (χ2n) is 4.14. The topological polar surface area (TPSA) is 38.3 Å². The summed E-state index contributed by atoms with van der Waals surface area (Å²) in [7, 11) is 1.39. The molecular weight excluding hydrogens is 238 g/mol. The smallest absolute Gasteiger partial charge is 0.322 e. The SMILES string of the molecule is COC(=O)[C@H](C)NC(C)Cc1ccc(Cl)cc1. The predicted molar refractivity (Wildman–Crippen MR) is 69.2 cm³/mol. The van der Waals surface area contributed by atoms with E-state index in [2.05, 4.69) is 10.1 Å². The van der Waals surface area contributed by atoms with Crippen LogP contribution in [-0.4, -0.2) is 25.2 Å². The Kier molecular flexibility index (Phi) is 5.45. The van der Waals surface area contributed by atoms with Crippen molar-refractivity contribution in [2.75, 3.05) is 7.11 Å². The summed E-state index contributed by atoms with van der Waals surface area (Å²) >= 11 is 5.82. The standard InChI is InChI=1S/C13H18ClNO2/c1-9(15-10(2)13(16)17-3)8-11-4-6-12(14)7-5-11/h4-7,9-10,15H,8H2,1-3H3/t9?,10-/m0/s1. The molecule has 1 rings (SSSR count). The Morgan fingerprint density at radius 2 is 1.94 bits per heavy atom. The van der Waals surface area contributed by atoms with E-state index >= 15 is 0 Å². The van der Waals surface area contributed by atoms with Gasteiger partial charge in [-0.1, -0.05) is 23.7 Å². The first kappa shape index (κ1) is 14.0. The zero-order valence-corrected chi connectivity index (χ0v) is 11.1. The highest BCUT2D eigenvalue weighted by molar-refractivity contribution is 6.30. The third-order valence-corrected chi connectivity index (χ3v) is 2.80. The number of halogens is 1. The average Bonchev–Trinajstić information content (AvgIpc) is 2.30. The molecule has 0 fully saturated rings. The zero-order chi connectivity index (χ0) is 12.8. The van der Waals surface area contributed by atoms with Gasteiger partial charge in [-0.2, -0.15) is 0 Å². The Balaban J connectivity index is 2.46. The minimum atomic E-state index is -0.290. The lowest BCUT2D eigenvalue weighted by molar-refractivity contribution is -0.142. The van der Waals surface area contributed by atoms with E-state index in [1.165, 1.54) is 12.7 Å². The highest BCUT2D eigenvalue weighted by Crippen LogP contribution is 2.11. The Labute approximate surface area is 107 Å². The van der Waals surface area contributed by atoms with Crippen LogP contribution in [0.3, 0.4) is 0 Å². The van der Waals surface area contributed by atoms with Crippen molar-refractivity contribution >= 4 is 17.6 Å². The quantitative estimate of drug-likeness (QED) is 0.822. The lowest BCUT2D eigenvalue weighted by Crippen LogP contribution is -2.41. The molecule has 2 atom stereocenters. The van der Waals surface area contributed by atoms with Gasteiger partial charge in [-0.05, 0) is 38.0 Å². The van der Waals surface area contributed by atoms with E-state index in [4.69, 9.17) is 11.6 Å². The summed E-state index contributed by atoms with van der Waals surface area (Å²) in [5.74, 6) is -0.243. The van der Waals surface area contributed by atoms with E-state index in [0.29, 0.717) is 0 Å². The van der Waals surface area contributed by atoms with Crippen molar-refractivity contribution in [1.82, 2.24) is 5.32 Å². The van der Waals surface area contributed by atoms with Gasteiger partial charge in [0.1, 0.15) is 6.04 Å². The number of carbonyl (C=O) groups is 1. The molecular formula is C13H18ClNO2. The molecule has 0 saturated heterocycles. The van der Waals surface area contributed by atoms with Crippen molar-refractivity contribution in [3.8, 4) is 0 Å². The van der Waals surface area contributed by atoms with E-state index in [1.54, 1.807) is 6.92 Å². The van der Waals surface area contributed by atoms with Crippen molar-refractivity contribution in [2.45, 2.75) is 32.4 Å². The van der Waals surface area contributed by atoms with E-state index in [-0.39, 0.29) is 18.1 Å². The highest BCUT2D eigenvalue weighted by Gasteiger charge is 2.15. The Morgan fingerprint density at radius 1 is 1.35 bits per heavy atom. The van der Waals surface area contributed by atoms with Crippen LogP contribution in [0.15, 0.2) is 24.3 Å². The number of hydrogen-bond donors (Lipinski definition) is 1. The normalized spacial score (nSPS) is 14.1. The van der Waals surface area contributed by atoms with Gasteiger partial charge in [0, 0.05) is 11.1 Å². The van der Waals surface area contributed by atoms with Crippen LogP contribution in [0, 0.1) is 0 Å². The molecule has 3 nitrogen and oxygen atoms in total. The van der Waals surface area contributed by atoms with E-state index < -0.39 is 0 Å². The van der Waals surface area contributed by atoms with Crippen LogP contribution in [0.5, 0.6) is 0 Å². The van der Waals surface area contributed by atoms with Gasteiger partial charge in [0.15, 0.2) is 0 Å². The molecule has 1 unspecified atom stereocenters. The monoisotopic (exact) mass is 255 g/mol. The van der Waals surface area contributed by atoms with Gasteiger partial charge in [0.25, 0.3) is 0 Å². The molecule has 17 heavy (non-hydrogen) atoms. The first-order valence-electron chi connectivity index (χ1n) is 5.61. The maximum atomic E-state index is 11.2. The number of esters is 1. The van der Waals surface area contributed by atoms with Crippen LogP contribution in [0.1, 0.15) is 19.4 Å². The van der Waals surface area contributed by atoms with Crippen LogP contribution >= 0.6 is 11.6 Å². The van der Waals surface area contributed by atoms with Gasteiger partial charge in [-0.25, -0.2) is 0 Å². The number of nitrogens with one attached hydrogen (secondary N) is 1. The predicted octanol–water partition coefficient (Wildman–Crippen LogP) is 2.42. The van der Waals surface area contributed by atoms with E-state index in [0.717, 1.165) is 11.4 Å². The molecule has 0 aliphatic rings. The molecule has 0 aromatic heterocycles. The number of ether oxygens (including phenoxy) is 1. The first-order valence-corrected chi connectivity index (χ1v) is 5.99. The van der Waals surface area contributed by atoms with Crippen LogP contribution in [0.2, 0.25) is 5.02 Å². The fourth-order valence-electron chi connectivity index (χ4n) is 1.70. The fraction of sp³-hybridized carbons (Fsp3) is 0.462. The van der Waals surface area contributed by atoms with Gasteiger partial charge >= 0.3 is 5.97 Å². The van der Waals surface area contributed by atoms with E-state index in [9.17, 15) is 4.79 Å². The molecule has 0 amide bonds. The zero-order valence-electron chi connectivity index (χ0n) is 10.4. The molecule has 0 radical (unpaired) electrons. The minimum Gasteiger partial charge on any atom is -0.468 e. The molecule has 4 heteroatoms. The summed E-state index contributed by atoms with van der Waals surface area (Å²) in [6.07, 6.45) is 0.846. The number of hydrogen-bond acceptors (Lipinski definition) is 3. The second kappa shape index (κ2) is 6.62. The fourth-order valence-corrected chi connectivity index (χ4v) is 1.83. The van der Waals surface area contributed by atoms with Crippen LogP contribution in [0.4, 0.5) is 0 Å². The molecule has 0 aliphatic heterocycles. The summed E-state index contributed by atoms with van der Waals surface area (Å²) in [5.41, 5.74) is 1.19. The van der Waals surface area contributed by atoms with Gasteiger partial charge in [0.2, 0.25) is 0 Å². The number of rotatable bonds is 5. The molecule has 0 heterocycles. The highest BCUT2D eigenvalue weighted by atomic mass is 35.5. The molecule has 0 aliphatic carbocycles. The summed E-state index contributed by atoms with van der Waals surface area (Å²) in [4.78, 5) is 11.2. The third kappa shape index (κ3) is 4.75. The first-order chi connectivity index (χ1) is 8.02. The summed E-state index contributed by atoms with van der Waals surface area (Å²) in [5, 5.41) is 3.92. The largest absolute Gasteiger partial charge is 0.468 e. The van der Waals surface area contributed by atoms with Crippen molar-refractivity contribution in [2.24, 2.45) is 0 Å². The molecule has 1 aromatic carbocycles. The van der Waals surface area contributed by atoms with Crippen molar-refractivity contribution in [3.05, 3.63) is 34.9 Å². The molecule has 94 valence electrons. The van der Waals surface area contributed by atoms with Crippen molar-refractivity contribution in [1.29, 1.82) is 0 Å². The maximum absolute atomic E-state index is 11.2. The van der Waals surface area contributed by atoms with Gasteiger partial charge in [-0.3, -0.25) is 4.79 Å². The van der Waals surface area contributed by atoms with Gasteiger partial charge in [0.05, 0.1) is 7.11 Å². The molecule has 0 saturated carbocycles. The van der Waals surface area contributed by atoms with Crippen LogP contribution in [0.25, 0.3) is 0 Å². The molecule has 0 spiro atoms. The molecule has 1 aromatic rings. The average molecular weight is 256 g/mol. The number of methoxy groups -OCH3 is 1. The number of carbonyl (C=O) groups excluding carboxylic acids is 1. The molecule has 0 bridgehead atoms. The van der Waals surface area contributed by atoms with Crippen molar-refractivity contribution in [3.63, 3.8) is 0 Å². The Bertz CT molecular complexity index is 364. The number of benzene rings is 1. The Morgan fingerprint density at radius 3 is 2.47 bits per heavy atom. The molecule has 1 N–H and O–H groups in total. The van der Waals surface area contributed by atoms with Gasteiger partial charge < -0.3 is 10.1 Å². The third-order valence-electron chi connectivity index (χ3n) is 2.54. The summed E-state index contributed by atoms with van der Waals surface area (Å²) in [6.45, 7) is 3.83. The Hall–Kier alpha value is -1.06. The maximum Gasteiger partial charge on any atom is 0.322 e. The van der Waals surface area contributed by atoms with Crippen molar-refractivity contribution < 1.29 is 9.53 Å². The van der Waals surface area contributed by atoms with Gasteiger partial charge in [-0.15, -0.1) is 0 Å². The summed E-state index contributed by atoms with van der Waals surface area (Å²) in [6, 6.07) is 7.63. The second-order valence-corrected chi connectivity index (χ2v) is 4.58.